The van der Waals surface area contributed by atoms with Gasteiger partial charge in [-0.15, -0.1) is 0 Å². The largest absolute Gasteiger partial charge is 0.290 e. The van der Waals surface area contributed by atoms with Crippen LogP contribution in [0.4, 0.5) is 0 Å². The fourth-order valence-electron chi connectivity index (χ4n) is 1.19. The molecule has 0 aliphatic heterocycles. The number of benzene rings is 1. The third-order valence-corrected chi connectivity index (χ3v) is 3.85. The highest BCUT2D eigenvalue weighted by Crippen LogP contribution is 2.10. The molecule has 6 heteroatoms. The number of rotatable bonds is 3. The van der Waals surface area contributed by atoms with Crippen molar-refractivity contribution in [2.24, 2.45) is 0 Å². The summed E-state index contributed by atoms with van der Waals surface area (Å²) in [5, 5.41) is 9.76. The Morgan fingerprint density at radius 1 is 1.22 bits per heavy atom. The Morgan fingerprint density at radius 2 is 1.72 bits per heavy atom. The lowest BCUT2D eigenvalue weighted by Crippen LogP contribution is -2.31. The van der Waals surface area contributed by atoms with Crippen molar-refractivity contribution in [1.82, 2.24) is 4.72 Å². The predicted molar refractivity (Wildman–Crippen MR) is 69.7 cm³/mol. The van der Waals surface area contributed by atoms with Crippen LogP contribution in [-0.4, -0.2) is 37.2 Å². The Morgan fingerprint density at radius 3 is 2.11 bits per heavy atom. The maximum absolute atomic E-state index is 11.5. The quantitative estimate of drug-likeness (QED) is 0.376. The minimum absolute atomic E-state index is 0.197. The van der Waals surface area contributed by atoms with E-state index in [2.05, 4.69) is 4.72 Å². The standard InChI is InChI=1S/C12H19N2O3S/c1-12(2,3)14(15)9-10-5-7-11(8-6-10)18(16,17)13-4/h5-9,13,15H,1-4H3/q+1/b14-9-. The van der Waals surface area contributed by atoms with Crippen molar-refractivity contribution in [3.8, 4) is 0 Å². The Labute approximate surface area is 108 Å². The van der Waals surface area contributed by atoms with Gasteiger partial charge in [-0.05, 0) is 36.1 Å². The lowest BCUT2D eigenvalue weighted by atomic mass is 10.1. The summed E-state index contributed by atoms with van der Waals surface area (Å²) < 4.78 is 26.4. The number of sulfonamides is 1. The molecule has 0 aliphatic carbocycles. The van der Waals surface area contributed by atoms with Gasteiger partial charge in [0.05, 0.1) is 4.90 Å². The second-order valence-electron chi connectivity index (χ2n) is 4.92. The summed E-state index contributed by atoms with van der Waals surface area (Å²) in [6, 6.07) is 6.26. The van der Waals surface area contributed by atoms with Gasteiger partial charge in [0.2, 0.25) is 21.8 Å². The molecule has 0 bridgehead atoms. The number of hydroxylamine groups is 1. The zero-order chi connectivity index (χ0) is 14.0. The molecule has 0 amide bonds. The average molecular weight is 271 g/mol. The number of nitrogens with one attached hydrogen (secondary N) is 1. The van der Waals surface area contributed by atoms with Gasteiger partial charge < -0.3 is 0 Å². The van der Waals surface area contributed by atoms with E-state index in [1.165, 1.54) is 19.2 Å². The van der Waals surface area contributed by atoms with Crippen molar-refractivity contribution in [2.45, 2.75) is 31.2 Å². The molecule has 1 aromatic rings. The van der Waals surface area contributed by atoms with E-state index in [-0.39, 0.29) is 4.90 Å². The molecule has 0 fully saturated rings. The van der Waals surface area contributed by atoms with Crippen LogP contribution in [0.2, 0.25) is 0 Å². The first-order valence-electron chi connectivity index (χ1n) is 5.53. The van der Waals surface area contributed by atoms with E-state index in [0.29, 0.717) is 0 Å². The van der Waals surface area contributed by atoms with Crippen molar-refractivity contribution in [3.63, 3.8) is 0 Å². The van der Waals surface area contributed by atoms with E-state index in [9.17, 15) is 13.6 Å². The fraction of sp³-hybridized carbons (Fsp3) is 0.417. The van der Waals surface area contributed by atoms with E-state index in [4.69, 9.17) is 0 Å². The third-order valence-electron chi connectivity index (χ3n) is 2.42. The van der Waals surface area contributed by atoms with Crippen molar-refractivity contribution < 1.29 is 18.4 Å². The van der Waals surface area contributed by atoms with Crippen molar-refractivity contribution >= 4 is 16.2 Å². The molecule has 0 aliphatic rings. The normalized spacial score (nSPS) is 13.7. The SMILES string of the molecule is CNS(=O)(=O)c1ccc(/C=[N+](\O)C(C)(C)C)cc1. The first kappa shape index (κ1) is 14.7. The molecule has 5 nitrogen and oxygen atoms in total. The maximum Gasteiger partial charge on any atom is 0.240 e. The van der Waals surface area contributed by atoms with E-state index in [0.717, 1.165) is 10.3 Å². The molecule has 0 atom stereocenters. The first-order chi connectivity index (χ1) is 8.16. The lowest BCUT2D eigenvalue weighted by molar-refractivity contribution is -0.816. The Hall–Kier alpha value is -1.40. The summed E-state index contributed by atoms with van der Waals surface area (Å²) in [4.78, 5) is 0.197. The van der Waals surface area contributed by atoms with Crippen molar-refractivity contribution in [1.29, 1.82) is 0 Å². The molecule has 1 rings (SSSR count). The second kappa shape index (κ2) is 5.07. The van der Waals surface area contributed by atoms with Crippen LogP contribution in [0.25, 0.3) is 0 Å². The highest BCUT2D eigenvalue weighted by molar-refractivity contribution is 7.89. The molecule has 0 saturated heterocycles. The van der Waals surface area contributed by atoms with Crippen LogP contribution in [0, 0.1) is 0 Å². The van der Waals surface area contributed by atoms with Crippen LogP contribution in [0.1, 0.15) is 26.3 Å². The third kappa shape index (κ3) is 3.54. The molecule has 0 unspecified atom stereocenters. The van der Waals surface area contributed by atoms with Crippen LogP contribution in [0.15, 0.2) is 29.2 Å². The van der Waals surface area contributed by atoms with Crippen LogP contribution in [0.5, 0.6) is 0 Å². The van der Waals surface area contributed by atoms with Gasteiger partial charge in [0.1, 0.15) is 0 Å². The minimum Gasteiger partial charge on any atom is -0.290 e. The smallest absolute Gasteiger partial charge is 0.240 e. The molecule has 18 heavy (non-hydrogen) atoms. The van der Waals surface area contributed by atoms with E-state index >= 15 is 0 Å². The molecule has 2 N–H and O–H groups in total. The van der Waals surface area contributed by atoms with E-state index in [1.807, 2.05) is 20.8 Å². The van der Waals surface area contributed by atoms with Gasteiger partial charge in [0, 0.05) is 26.3 Å². The Kier molecular flexibility index (Phi) is 4.13. The van der Waals surface area contributed by atoms with Gasteiger partial charge in [-0.2, -0.15) is 0 Å². The van der Waals surface area contributed by atoms with E-state index < -0.39 is 15.6 Å². The number of hydrogen-bond donors (Lipinski definition) is 2. The lowest BCUT2D eigenvalue weighted by Gasteiger charge is -2.09. The highest BCUT2D eigenvalue weighted by Gasteiger charge is 2.24. The van der Waals surface area contributed by atoms with Gasteiger partial charge in [-0.25, -0.2) is 13.1 Å². The molecule has 0 radical (unpaired) electrons. The van der Waals surface area contributed by atoms with Crippen molar-refractivity contribution in [2.75, 3.05) is 7.05 Å². The zero-order valence-electron chi connectivity index (χ0n) is 11.0. The summed E-state index contributed by atoms with van der Waals surface area (Å²) in [5.41, 5.74) is 0.317. The molecule has 0 spiro atoms. The molecule has 0 saturated carbocycles. The summed E-state index contributed by atoms with van der Waals surface area (Å²) in [6.45, 7) is 5.59. The molecule has 0 aromatic heterocycles. The molecule has 100 valence electrons. The molecule has 0 heterocycles. The van der Waals surface area contributed by atoms with E-state index in [1.54, 1.807) is 18.3 Å². The Balaban J connectivity index is 3.05. The highest BCUT2D eigenvalue weighted by atomic mass is 32.2. The summed E-state index contributed by atoms with van der Waals surface area (Å²) >= 11 is 0. The molecule has 1 aromatic carbocycles. The van der Waals surface area contributed by atoms with Crippen LogP contribution in [0.3, 0.4) is 0 Å². The average Bonchev–Trinajstić information content (AvgIpc) is 2.28. The van der Waals surface area contributed by atoms with Gasteiger partial charge in [0.15, 0.2) is 0 Å². The topological polar surface area (TPSA) is 69.4 Å². The minimum atomic E-state index is -3.41. The van der Waals surface area contributed by atoms with Gasteiger partial charge in [-0.3, -0.25) is 5.21 Å². The zero-order valence-corrected chi connectivity index (χ0v) is 11.8. The second-order valence-corrected chi connectivity index (χ2v) is 6.81. The number of hydrogen-bond acceptors (Lipinski definition) is 3. The predicted octanol–water partition coefficient (Wildman–Crippen LogP) is 1.21. The monoisotopic (exact) mass is 271 g/mol. The van der Waals surface area contributed by atoms with Gasteiger partial charge in [-0.1, -0.05) is 0 Å². The summed E-state index contributed by atoms with van der Waals surface area (Å²) in [6.07, 6.45) is 1.55. The van der Waals surface area contributed by atoms with Crippen LogP contribution >= 0.6 is 0 Å². The van der Waals surface area contributed by atoms with Gasteiger partial charge >= 0.3 is 0 Å². The summed E-state index contributed by atoms with van der Waals surface area (Å²) in [5.74, 6) is 0. The molecular formula is C12H19N2O3S+. The number of nitrogens with zero attached hydrogens (tertiary/aromatic N) is 1. The fourth-order valence-corrected chi connectivity index (χ4v) is 1.92. The van der Waals surface area contributed by atoms with Crippen LogP contribution in [-0.2, 0) is 10.0 Å². The van der Waals surface area contributed by atoms with Crippen molar-refractivity contribution in [3.05, 3.63) is 29.8 Å². The van der Waals surface area contributed by atoms with Gasteiger partial charge in [0.25, 0.3) is 0 Å². The Bertz CT molecular complexity index is 540. The maximum atomic E-state index is 11.5. The van der Waals surface area contributed by atoms with Crippen LogP contribution < -0.4 is 4.72 Å². The first-order valence-corrected chi connectivity index (χ1v) is 7.02. The summed E-state index contributed by atoms with van der Waals surface area (Å²) in [7, 11) is -2.05. The molecular weight excluding hydrogens is 252 g/mol.